The van der Waals surface area contributed by atoms with Crippen LogP contribution in [-0.4, -0.2) is 10.9 Å². The number of anilines is 1. The Bertz CT molecular complexity index is 601. The molecule has 1 heterocycles. The Balaban J connectivity index is 2.16. The van der Waals surface area contributed by atoms with Gasteiger partial charge in [-0.25, -0.2) is 0 Å². The molecule has 98 valence electrons. The molecule has 1 aromatic carbocycles. The van der Waals surface area contributed by atoms with E-state index in [9.17, 15) is 5.26 Å². The van der Waals surface area contributed by atoms with Gasteiger partial charge in [-0.1, -0.05) is 18.1 Å². The van der Waals surface area contributed by atoms with Gasteiger partial charge >= 0.3 is 0 Å². The van der Waals surface area contributed by atoms with Crippen molar-refractivity contribution in [2.75, 3.05) is 11.1 Å². The molecular weight excluding hydrogens is 258 g/mol. The lowest BCUT2D eigenvalue weighted by Gasteiger charge is -2.09. The summed E-state index contributed by atoms with van der Waals surface area (Å²) in [7, 11) is 0. The Morgan fingerprint density at radius 2 is 2.32 bits per heavy atom. The van der Waals surface area contributed by atoms with Crippen molar-refractivity contribution in [3.63, 3.8) is 0 Å². The average Bonchev–Trinajstić information content (AvgIpc) is 2.83. The van der Waals surface area contributed by atoms with Crippen LogP contribution < -0.4 is 5.32 Å². The number of aryl methyl sites for hydroxylation is 1. The van der Waals surface area contributed by atoms with Crippen LogP contribution in [0.2, 0.25) is 0 Å². The monoisotopic (exact) mass is 273 g/mol. The molecule has 5 heteroatoms. The van der Waals surface area contributed by atoms with Gasteiger partial charge in [0.2, 0.25) is 0 Å². The van der Waals surface area contributed by atoms with Crippen LogP contribution in [-0.2, 0) is 6.54 Å². The Morgan fingerprint density at radius 3 is 2.95 bits per heavy atom. The molecule has 0 aliphatic carbocycles. The standard InChI is InChI=1S/C14H15N3OS/c1-3-19-14-6-4-5-13(12(14)8-15)16-9-11-7-10(2)17-18-11/h4-7,16H,3,9H2,1-2H3. The number of thioether (sulfide) groups is 1. The van der Waals surface area contributed by atoms with Gasteiger partial charge in [0.25, 0.3) is 0 Å². The van der Waals surface area contributed by atoms with E-state index < -0.39 is 0 Å². The van der Waals surface area contributed by atoms with E-state index in [1.807, 2.05) is 31.2 Å². The van der Waals surface area contributed by atoms with Crippen molar-refractivity contribution in [1.82, 2.24) is 5.16 Å². The van der Waals surface area contributed by atoms with Crippen LogP contribution in [0.3, 0.4) is 0 Å². The van der Waals surface area contributed by atoms with E-state index >= 15 is 0 Å². The van der Waals surface area contributed by atoms with Crippen molar-refractivity contribution in [3.8, 4) is 6.07 Å². The molecule has 0 spiro atoms. The third-order valence-electron chi connectivity index (χ3n) is 2.57. The summed E-state index contributed by atoms with van der Waals surface area (Å²) in [6, 6.07) is 9.96. The first-order chi connectivity index (χ1) is 9.24. The van der Waals surface area contributed by atoms with E-state index in [0.29, 0.717) is 12.1 Å². The van der Waals surface area contributed by atoms with E-state index in [2.05, 4.69) is 23.5 Å². The highest BCUT2D eigenvalue weighted by atomic mass is 32.2. The van der Waals surface area contributed by atoms with Crippen LogP contribution in [0.25, 0.3) is 0 Å². The molecule has 4 nitrogen and oxygen atoms in total. The number of aromatic nitrogens is 1. The van der Waals surface area contributed by atoms with Gasteiger partial charge in [0.1, 0.15) is 6.07 Å². The lowest BCUT2D eigenvalue weighted by Crippen LogP contribution is -2.01. The highest BCUT2D eigenvalue weighted by Gasteiger charge is 2.08. The number of benzene rings is 1. The number of nitriles is 1. The SMILES string of the molecule is CCSc1cccc(NCc2cc(C)no2)c1C#N. The summed E-state index contributed by atoms with van der Waals surface area (Å²) in [5.74, 6) is 1.70. The first-order valence-corrected chi connectivity index (χ1v) is 7.05. The maximum atomic E-state index is 9.29. The summed E-state index contributed by atoms with van der Waals surface area (Å²) in [6.07, 6.45) is 0. The lowest BCUT2D eigenvalue weighted by molar-refractivity contribution is 0.384. The molecule has 0 saturated carbocycles. The van der Waals surface area contributed by atoms with Crippen LogP contribution >= 0.6 is 11.8 Å². The maximum Gasteiger partial charge on any atom is 0.156 e. The van der Waals surface area contributed by atoms with E-state index in [1.54, 1.807) is 11.8 Å². The number of nitrogens with zero attached hydrogens (tertiary/aromatic N) is 2. The van der Waals surface area contributed by atoms with Crippen LogP contribution in [0.15, 0.2) is 33.7 Å². The Labute approximate surface area is 116 Å². The molecule has 19 heavy (non-hydrogen) atoms. The van der Waals surface area contributed by atoms with Crippen LogP contribution in [0.5, 0.6) is 0 Å². The molecule has 0 unspecified atom stereocenters. The molecule has 0 radical (unpaired) electrons. The number of rotatable bonds is 5. The fourth-order valence-corrected chi connectivity index (χ4v) is 2.54. The number of hydrogen-bond acceptors (Lipinski definition) is 5. The zero-order chi connectivity index (χ0) is 13.7. The van der Waals surface area contributed by atoms with Gasteiger partial charge < -0.3 is 9.84 Å². The third kappa shape index (κ3) is 3.30. The molecule has 0 fully saturated rings. The summed E-state index contributed by atoms with van der Waals surface area (Å²) >= 11 is 1.67. The van der Waals surface area contributed by atoms with Gasteiger partial charge in [0.15, 0.2) is 5.76 Å². The molecule has 0 atom stereocenters. The molecule has 0 bridgehead atoms. The van der Waals surface area contributed by atoms with E-state index in [-0.39, 0.29) is 0 Å². The largest absolute Gasteiger partial charge is 0.377 e. The minimum Gasteiger partial charge on any atom is -0.377 e. The molecule has 0 saturated heterocycles. The zero-order valence-electron chi connectivity index (χ0n) is 10.9. The molecule has 0 amide bonds. The molecule has 2 aromatic rings. The Hall–Kier alpha value is -1.93. The zero-order valence-corrected chi connectivity index (χ0v) is 11.8. The summed E-state index contributed by atoms with van der Waals surface area (Å²) < 4.78 is 5.14. The van der Waals surface area contributed by atoms with Gasteiger partial charge in [-0.15, -0.1) is 11.8 Å². The highest BCUT2D eigenvalue weighted by molar-refractivity contribution is 7.99. The van der Waals surface area contributed by atoms with Crippen molar-refractivity contribution in [2.45, 2.75) is 25.3 Å². The molecular formula is C14H15N3OS. The lowest BCUT2D eigenvalue weighted by atomic mass is 10.2. The second-order valence-corrected chi connectivity index (χ2v) is 5.32. The van der Waals surface area contributed by atoms with Gasteiger partial charge in [-0.05, 0) is 24.8 Å². The van der Waals surface area contributed by atoms with Crippen molar-refractivity contribution in [3.05, 3.63) is 41.3 Å². The third-order valence-corrected chi connectivity index (χ3v) is 3.51. The fraction of sp³-hybridized carbons (Fsp3) is 0.286. The average molecular weight is 273 g/mol. The molecule has 0 aliphatic rings. The predicted molar refractivity (Wildman–Crippen MR) is 76.1 cm³/mol. The number of hydrogen-bond donors (Lipinski definition) is 1. The highest BCUT2D eigenvalue weighted by Crippen LogP contribution is 2.28. The van der Waals surface area contributed by atoms with Crippen molar-refractivity contribution in [1.29, 1.82) is 5.26 Å². The quantitative estimate of drug-likeness (QED) is 0.844. The summed E-state index contributed by atoms with van der Waals surface area (Å²) in [6.45, 7) is 4.48. The van der Waals surface area contributed by atoms with Gasteiger partial charge in [0.05, 0.1) is 23.5 Å². The van der Waals surface area contributed by atoms with Gasteiger partial charge in [-0.3, -0.25) is 0 Å². The van der Waals surface area contributed by atoms with Crippen LogP contribution in [0.1, 0.15) is 23.9 Å². The minimum atomic E-state index is 0.524. The Morgan fingerprint density at radius 1 is 1.47 bits per heavy atom. The maximum absolute atomic E-state index is 9.29. The van der Waals surface area contributed by atoms with Gasteiger partial charge in [-0.2, -0.15) is 5.26 Å². The molecule has 1 N–H and O–H groups in total. The van der Waals surface area contributed by atoms with Crippen LogP contribution in [0.4, 0.5) is 5.69 Å². The van der Waals surface area contributed by atoms with Gasteiger partial charge in [0, 0.05) is 11.0 Å². The van der Waals surface area contributed by atoms with Crippen molar-refractivity contribution < 1.29 is 4.52 Å². The summed E-state index contributed by atoms with van der Waals surface area (Å²) in [5, 5.41) is 16.3. The first kappa shape index (κ1) is 13.5. The first-order valence-electron chi connectivity index (χ1n) is 6.06. The normalized spacial score (nSPS) is 10.2. The minimum absolute atomic E-state index is 0.524. The van der Waals surface area contributed by atoms with E-state index in [0.717, 1.165) is 27.8 Å². The van der Waals surface area contributed by atoms with Crippen molar-refractivity contribution in [2.24, 2.45) is 0 Å². The summed E-state index contributed by atoms with van der Waals surface area (Å²) in [4.78, 5) is 1.00. The second-order valence-electron chi connectivity index (χ2n) is 4.01. The molecule has 1 aromatic heterocycles. The second kappa shape index (κ2) is 6.30. The molecule has 0 aliphatic heterocycles. The molecule has 2 rings (SSSR count). The Kier molecular flexibility index (Phi) is 4.48. The van der Waals surface area contributed by atoms with E-state index in [1.165, 1.54) is 0 Å². The number of nitrogens with one attached hydrogen (secondary N) is 1. The van der Waals surface area contributed by atoms with E-state index in [4.69, 9.17) is 4.52 Å². The fourth-order valence-electron chi connectivity index (χ4n) is 1.75. The topological polar surface area (TPSA) is 61.9 Å². The predicted octanol–water partition coefficient (Wildman–Crippen LogP) is 3.58. The smallest absolute Gasteiger partial charge is 0.156 e. The van der Waals surface area contributed by atoms with Crippen LogP contribution in [0, 0.1) is 18.3 Å². The van der Waals surface area contributed by atoms with Crippen molar-refractivity contribution >= 4 is 17.4 Å². The summed E-state index contributed by atoms with van der Waals surface area (Å²) in [5.41, 5.74) is 2.37.